The van der Waals surface area contributed by atoms with Crippen LogP contribution in [0.4, 0.5) is 4.53 Å². The van der Waals surface area contributed by atoms with Gasteiger partial charge in [-0.25, -0.2) is 0 Å². The van der Waals surface area contributed by atoms with Gasteiger partial charge in [0.25, 0.3) is 0 Å². The highest BCUT2D eigenvalue weighted by molar-refractivity contribution is 5.69. The highest BCUT2D eigenvalue weighted by Crippen LogP contribution is 1.95. The zero-order valence-electron chi connectivity index (χ0n) is 5.56. The molecule has 0 rings (SSSR count). The number of hydrogen-bond acceptors (Lipinski definition) is 2. The number of hydrogen-bond donors (Lipinski definition) is 1. The van der Waals surface area contributed by atoms with E-state index < -0.39 is 5.97 Å². The van der Waals surface area contributed by atoms with Gasteiger partial charge in [0, 0.05) is 0 Å². The van der Waals surface area contributed by atoms with Crippen molar-refractivity contribution in [2.75, 3.05) is 0 Å². The van der Waals surface area contributed by atoms with Crippen molar-refractivity contribution in [2.45, 2.75) is 26.2 Å². The molecule has 0 radical (unpaired) electrons. The van der Waals surface area contributed by atoms with Gasteiger partial charge in [-0.05, 0) is 6.42 Å². The summed E-state index contributed by atoms with van der Waals surface area (Å²) in [7, 11) is 0. The van der Waals surface area contributed by atoms with E-state index in [1.807, 2.05) is 6.92 Å². The molecule has 3 nitrogen and oxygen atoms in total. The molecule has 4 N–H and O–H groups in total. The van der Waals surface area contributed by atoms with Crippen LogP contribution in [0.3, 0.4) is 0 Å². The van der Waals surface area contributed by atoms with Gasteiger partial charge >= 0.3 is 5.97 Å². The zero-order valence-corrected chi connectivity index (χ0v) is 5.56. The number of carbonyl (C=O) groups excluding carboxylic acids is 1. The van der Waals surface area contributed by atoms with Crippen molar-refractivity contribution < 1.29 is 14.3 Å². The first kappa shape index (κ1) is 11.2. The molecule has 0 aliphatic rings. The zero-order chi connectivity index (χ0) is 6.41. The molecule has 9 heavy (non-hydrogen) atoms. The maximum absolute atomic E-state index is 10.9. The minimum atomic E-state index is -0.521. The first-order valence-corrected chi connectivity index (χ1v) is 2.64. The van der Waals surface area contributed by atoms with Gasteiger partial charge < -0.3 is 10.9 Å². The molecule has 4 heteroatoms. The van der Waals surface area contributed by atoms with Crippen molar-refractivity contribution in [1.82, 2.24) is 6.15 Å². The fraction of sp³-hybridized carbons (Fsp3) is 0.800. The maximum Gasteiger partial charge on any atom is 0.536 e. The van der Waals surface area contributed by atoms with Gasteiger partial charge in [-0.2, -0.15) is 0 Å². The Bertz CT molecular complexity index is 77.4. The third-order valence-corrected chi connectivity index (χ3v) is 0.833. The van der Waals surface area contributed by atoms with Crippen LogP contribution in [0.25, 0.3) is 0 Å². The van der Waals surface area contributed by atoms with Crippen molar-refractivity contribution in [3.63, 3.8) is 0 Å². The highest BCUT2D eigenvalue weighted by atomic mass is 19.3. The van der Waals surface area contributed by atoms with Crippen LogP contribution in [0, 0.1) is 0 Å². The molecule has 56 valence electrons. The third kappa shape index (κ3) is 7.36. The second kappa shape index (κ2) is 7.36. The second-order valence-corrected chi connectivity index (χ2v) is 1.57. The van der Waals surface area contributed by atoms with E-state index in [1.165, 1.54) is 0 Å². The number of rotatable bonds is 3. The number of unbranched alkanes of at least 4 members (excludes halogenated alkanes) is 1. The third-order valence-electron chi connectivity index (χ3n) is 0.833. The summed E-state index contributed by atoms with van der Waals surface area (Å²) in [6, 6.07) is 0. The second-order valence-electron chi connectivity index (χ2n) is 1.57. The molecule has 0 fully saturated rings. The lowest BCUT2D eigenvalue weighted by Gasteiger charge is -1.81. The van der Waals surface area contributed by atoms with Crippen LogP contribution in [0.15, 0.2) is 0 Å². The lowest BCUT2D eigenvalue weighted by Crippen LogP contribution is -1.96. The molecule has 0 atom stereocenters. The van der Waals surface area contributed by atoms with Gasteiger partial charge in [-0.15, -0.1) is 0 Å². The van der Waals surface area contributed by atoms with Gasteiger partial charge in [0.05, 0.1) is 0 Å². The van der Waals surface area contributed by atoms with Crippen LogP contribution in [-0.2, 0) is 4.94 Å². The van der Waals surface area contributed by atoms with Crippen LogP contribution in [0.5, 0.6) is 0 Å². The van der Waals surface area contributed by atoms with E-state index in [1.54, 1.807) is 0 Å². The van der Waals surface area contributed by atoms with Crippen LogP contribution < -0.4 is 6.15 Å². The van der Waals surface area contributed by atoms with E-state index in [2.05, 4.69) is 4.94 Å². The van der Waals surface area contributed by atoms with Gasteiger partial charge in [-0.1, -0.05) is 18.3 Å². The summed E-state index contributed by atoms with van der Waals surface area (Å²) >= 11 is 0. The Morgan fingerprint density at radius 3 is 2.56 bits per heavy atom. The molecule has 0 aromatic carbocycles. The normalized spacial score (nSPS) is 7.78. The van der Waals surface area contributed by atoms with E-state index in [-0.39, 0.29) is 6.15 Å². The van der Waals surface area contributed by atoms with E-state index in [9.17, 15) is 4.53 Å². The van der Waals surface area contributed by atoms with Crippen molar-refractivity contribution in [3.05, 3.63) is 0 Å². The summed E-state index contributed by atoms with van der Waals surface area (Å²) in [5.74, 6) is -0.521. The topological polar surface area (TPSA) is 65.6 Å². The van der Waals surface area contributed by atoms with Crippen molar-refractivity contribution >= 4 is 5.97 Å². The Labute approximate surface area is 53.7 Å². The lowest BCUT2D eigenvalue weighted by molar-refractivity contribution is -0.0382. The summed E-state index contributed by atoms with van der Waals surface area (Å²) < 4.78 is 10.9. The standard InChI is InChI=1S/C5H9FO2.H3N/c1-2-3-4-5(7)8-6;/h2-4H2,1H3;1H3/p+1. The summed E-state index contributed by atoms with van der Waals surface area (Å²) in [4.78, 5) is 11.3. The predicted octanol–water partition coefficient (Wildman–Crippen LogP) is 1.74. The van der Waals surface area contributed by atoms with Gasteiger partial charge in [0.1, 0.15) is 10.9 Å². The lowest BCUT2D eigenvalue weighted by atomic mass is 10.3. The Morgan fingerprint density at radius 1 is 1.67 bits per heavy atom. The molecule has 0 saturated heterocycles. The quantitative estimate of drug-likeness (QED) is 0.603. The fourth-order valence-corrected chi connectivity index (χ4v) is 0.367. The first-order chi connectivity index (χ1) is 3.81. The van der Waals surface area contributed by atoms with E-state index in [0.29, 0.717) is 6.42 Å². The Morgan fingerprint density at radius 2 is 2.22 bits per heavy atom. The summed E-state index contributed by atoms with van der Waals surface area (Å²) in [6.45, 7) is 1.95. The van der Waals surface area contributed by atoms with Gasteiger partial charge in [0.15, 0.2) is 0 Å². The van der Waals surface area contributed by atoms with Crippen LogP contribution in [0.2, 0.25) is 0 Å². The maximum atomic E-state index is 10.9. The van der Waals surface area contributed by atoms with Crippen LogP contribution >= 0.6 is 0 Å². The summed E-state index contributed by atoms with van der Waals surface area (Å²) in [5, 5.41) is 0. The minimum Gasteiger partial charge on any atom is -0.344 e. The molecular formula is C5H13FNO2+. The average molecular weight is 138 g/mol. The van der Waals surface area contributed by atoms with E-state index in [0.717, 1.165) is 12.8 Å². The fourth-order valence-electron chi connectivity index (χ4n) is 0.367. The monoisotopic (exact) mass is 138 g/mol. The van der Waals surface area contributed by atoms with Crippen molar-refractivity contribution in [3.8, 4) is 0 Å². The highest BCUT2D eigenvalue weighted by Gasteiger charge is 2.10. The molecule has 0 bridgehead atoms. The molecule has 0 aromatic rings. The van der Waals surface area contributed by atoms with Crippen molar-refractivity contribution in [2.24, 2.45) is 0 Å². The Balaban J connectivity index is 0. The van der Waals surface area contributed by atoms with Crippen molar-refractivity contribution in [1.29, 1.82) is 0 Å². The minimum absolute atomic E-state index is 0. The molecule has 0 spiro atoms. The smallest absolute Gasteiger partial charge is 0.344 e. The molecule has 0 unspecified atom stereocenters. The van der Waals surface area contributed by atoms with Gasteiger partial charge in [0.2, 0.25) is 0 Å². The number of halogens is 1. The molecule has 0 heterocycles. The van der Waals surface area contributed by atoms with Gasteiger partial charge in [-0.3, -0.25) is 0 Å². The Kier molecular flexibility index (Phi) is 9.16. The van der Waals surface area contributed by atoms with Crippen LogP contribution in [0.1, 0.15) is 26.2 Å². The first-order valence-electron chi connectivity index (χ1n) is 2.64. The molecule has 0 aromatic heterocycles. The Hall–Kier alpha value is -0.640. The largest absolute Gasteiger partial charge is 0.536 e. The summed E-state index contributed by atoms with van der Waals surface area (Å²) in [5.41, 5.74) is 0. The molecule has 0 saturated carbocycles. The SMILES string of the molecule is CCCCC(=[OH+])OF.N. The average Bonchev–Trinajstić information content (AvgIpc) is 1.83. The van der Waals surface area contributed by atoms with E-state index >= 15 is 0 Å². The van der Waals surface area contributed by atoms with Crippen LogP contribution in [-0.4, -0.2) is 10.8 Å². The molecule has 0 aliphatic heterocycles. The van der Waals surface area contributed by atoms with E-state index in [4.69, 9.17) is 4.79 Å². The molecule has 0 aliphatic carbocycles. The molecular weight excluding hydrogens is 125 g/mol. The summed E-state index contributed by atoms with van der Waals surface area (Å²) in [6.07, 6.45) is 1.98. The molecule has 0 amide bonds. The predicted molar refractivity (Wildman–Crippen MR) is 33.7 cm³/mol.